The largest absolute Gasteiger partial charge is 0.383 e. The Morgan fingerprint density at radius 2 is 2.17 bits per heavy atom. The first kappa shape index (κ1) is 13.0. The summed E-state index contributed by atoms with van der Waals surface area (Å²) in [7, 11) is 0. The highest BCUT2D eigenvalue weighted by Crippen LogP contribution is 2.26. The van der Waals surface area contributed by atoms with Gasteiger partial charge in [-0.2, -0.15) is 0 Å². The third kappa shape index (κ3) is 3.05. The lowest BCUT2D eigenvalue weighted by Crippen LogP contribution is -2.12. The Balaban J connectivity index is 1.96. The minimum absolute atomic E-state index is 0.0173. The van der Waals surface area contributed by atoms with E-state index in [0.29, 0.717) is 0 Å². The van der Waals surface area contributed by atoms with E-state index in [0.717, 1.165) is 30.2 Å². The van der Waals surface area contributed by atoms with Crippen LogP contribution in [-0.2, 0) is 6.54 Å². The Bertz CT molecular complexity index is 505. The molecule has 0 fully saturated rings. The fraction of sp³-hybridized carbons (Fsp3) is 0.357. The van der Waals surface area contributed by atoms with Crippen molar-refractivity contribution in [2.75, 3.05) is 11.9 Å². The van der Waals surface area contributed by atoms with Crippen LogP contribution in [0, 0.1) is 6.92 Å². The average molecular weight is 264 g/mol. The van der Waals surface area contributed by atoms with Gasteiger partial charge in [0.25, 0.3) is 0 Å². The zero-order valence-corrected chi connectivity index (χ0v) is 11.5. The molecule has 4 heteroatoms. The normalized spacial score (nSPS) is 12.4. The summed E-state index contributed by atoms with van der Waals surface area (Å²) in [6, 6.07) is 8.16. The van der Waals surface area contributed by atoms with Gasteiger partial charge in [0.15, 0.2) is 0 Å². The topological polar surface area (TPSA) is 29.9 Å². The van der Waals surface area contributed by atoms with E-state index in [4.69, 9.17) is 11.6 Å². The fourth-order valence-corrected chi connectivity index (χ4v) is 2.15. The van der Waals surface area contributed by atoms with Crippen molar-refractivity contribution in [2.45, 2.75) is 25.8 Å². The lowest BCUT2D eigenvalue weighted by molar-refractivity contribution is 0.700. The minimum atomic E-state index is 0.0173. The molecule has 18 heavy (non-hydrogen) atoms. The summed E-state index contributed by atoms with van der Waals surface area (Å²) in [5, 5.41) is 3.44. The number of rotatable bonds is 5. The molecular formula is C14H18ClN3. The highest BCUT2D eigenvalue weighted by Gasteiger charge is 2.06. The van der Waals surface area contributed by atoms with Crippen molar-refractivity contribution in [1.29, 1.82) is 0 Å². The maximum atomic E-state index is 6.16. The molecule has 2 rings (SSSR count). The molecule has 0 bridgehead atoms. The second-order valence-corrected chi connectivity index (χ2v) is 4.95. The molecular weight excluding hydrogens is 246 g/mol. The Kier molecular flexibility index (Phi) is 4.26. The Morgan fingerprint density at radius 1 is 1.39 bits per heavy atom. The van der Waals surface area contributed by atoms with Crippen LogP contribution in [-0.4, -0.2) is 16.1 Å². The summed E-state index contributed by atoms with van der Waals surface area (Å²) < 4.78 is 2.12. The molecule has 0 aliphatic carbocycles. The first-order valence-corrected chi connectivity index (χ1v) is 6.56. The Morgan fingerprint density at radius 3 is 2.83 bits per heavy atom. The van der Waals surface area contributed by atoms with Crippen LogP contribution in [0.5, 0.6) is 0 Å². The summed E-state index contributed by atoms with van der Waals surface area (Å²) in [5.74, 6) is 1.04. The third-order valence-electron chi connectivity index (χ3n) is 2.98. The van der Waals surface area contributed by atoms with Gasteiger partial charge in [-0.1, -0.05) is 18.2 Å². The van der Waals surface area contributed by atoms with Gasteiger partial charge in [0.1, 0.15) is 5.82 Å². The van der Waals surface area contributed by atoms with Crippen LogP contribution in [0.4, 0.5) is 5.69 Å². The molecule has 0 saturated carbocycles. The van der Waals surface area contributed by atoms with Crippen LogP contribution >= 0.6 is 11.6 Å². The molecule has 2 aromatic rings. The lowest BCUT2D eigenvalue weighted by atomic mass is 10.1. The van der Waals surface area contributed by atoms with E-state index in [9.17, 15) is 0 Å². The van der Waals surface area contributed by atoms with Gasteiger partial charge in [-0.05, 0) is 25.5 Å². The van der Waals surface area contributed by atoms with E-state index >= 15 is 0 Å². The summed E-state index contributed by atoms with van der Waals surface area (Å²) in [5.41, 5.74) is 2.25. The van der Waals surface area contributed by atoms with Gasteiger partial charge in [-0.15, -0.1) is 11.6 Å². The molecule has 0 amide bonds. The van der Waals surface area contributed by atoms with Gasteiger partial charge in [-0.3, -0.25) is 0 Å². The standard InChI is InChI=1S/C14H18ClN3/c1-11(15)13-5-3-4-6-14(13)17-8-10-18-9-7-16-12(18)2/h3-7,9,11,17H,8,10H2,1-2H3. The van der Waals surface area contributed by atoms with Crippen LogP contribution < -0.4 is 5.32 Å². The van der Waals surface area contributed by atoms with Gasteiger partial charge in [-0.25, -0.2) is 4.98 Å². The molecule has 1 atom stereocenters. The first-order valence-electron chi connectivity index (χ1n) is 6.13. The van der Waals surface area contributed by atoms with Crippen molar-refractivity contribution >= 4 is 17.3 Å². The van der Waals surface area contributed by atoms with Crippen LogP contribution in [0.1, 0.15) is 23.7 Å². The predicted molar refractivity (Wildman–Crippen MR) is 76.2 cm³/mol. The van der Waals surface area contributed by atoms with E-state index in [-0.39, 0.29) is 5.38 Å². The summed E-state index contributed by atoms with van der Waals surface area (Å²) in [4.78, 5) is 4.20. The fourth-order valence-electron chi connectivity index (χ4n) is 1.96. The molecule has 1 heterocycles. The second kappa shape index (κ2) is 5.91. The number of para-hydroxylation sites is 1. The van der Waals surface area contributed by atoms with Gasteiger partial charge in [0, 0.05) is 31.2 Å². The van der Waals surface area contributed by atoms with Gasteiger partial charge in [0.2, 0.25) is 0 Å². The number of nitrogens with one attached hydrogen (secondary N) is 1. The number of aromatic nitrogens is 2. The van der Waals surface area contributed by atoms with Gasteiger partial charge in [0.05, 0.1) is 5.38 Å². The van der Waals surface area contributed by atoms with Crippen LogP contribution in [0.3, 0.4) is 0 Å². The van der Waals surface area contributed by atoms with Crippen LogP contribution in [0.25, 0.3) is 0 Å². The number of hydrogen-bond donors (Lipinski definition) is 1. The van der Waals surface area contributed by atoms with Gasteiger partial charge >= 0.3 is 0 Å². The lowest BCUT2D eigenvalue weighted by Gasteiger charge is -2.14. The average Bonchev–Trinajstić information content (AvgIpc) is 2.76. The molecule has 1 unspecified atom stereocenters. The summed E-state index contributed by atoms with van der Waals surface area (Å²) in [6.07, 6.45) is 3.82. The van der Waals surface area contributed by atoms with E-state index in [1.165, 1.54) is 0 Å². The van der Waals surface area contributed by atoms with Crippen LogP contribution in [0.15, 0.2) is 36.7 Å². The van der Waals surface area contributed by atoms with Crippen LogP contribution in [0.2, 0.25) is 0 Å². The first-order chi connectivity index (χ1) is 8.68. The minimum Gasteiger partial charge on any atom is -0.383 e. The molecule has 0 spiro atoms. The Hall–Kier alpha value is -1.48. The third-order valence-corrected chi connectivity index (χ3v) is 3.22. The van der Waals surface area contributed by atoms with Crippen molar-refractivity contribution in [3.8, 4) is 0 Å². The highest BCUT2D eigenvalue weighted by molar-refractivity contribution is 6.21. The number of aryl methyl sites for hydroxylation is 1. The number of anilines is 1. The smallest absolute Gasteiger partial charge is 0.105 e. The molecule has 1 N–H and O–H groups in total. The van der Waals surface area contributed by atoms with Crippen molar-refractivity contribution in [1.82, 2.24) is 9.55 Å². The summed E-state index contributed by atoms with van der Waals surface area (Å²) in [6.45, 7) is 5.76. The number of halogens is 1. The second-order valence-electron chi connectivity index (χ2n) is 4.30. The monoisotopic (exact) mass is 263 g/mol. The molecule has 0 saturated heterocycles. The molecule has 0 aliphatic rings. The maximum Gasteiger partial charge on any atom is 0.105 e. The quantitative estimate of drug-likeness (QED) is 0.836. The van der Waals surface area contributed by atoms with E-state index in [1.54, 1.807) is 0 Å². The maximum absolute atomic E-state index is 6.16. The number of benzene rings is 1. The molecule has 1 aromatic heterocycles. The van der Waals surface area contributed by atoms with Crippen molar-refractivity contribution in [3.63, 3.8) is 0 Å². The molecule has 3 nitrogen and oxygen atoms in total. The molecule has 1 aromatic carbocycles. The predicted octanol–water partition coefficient (Wildman–Crippen LogP) is 3.60. The molecule has 0 aliphatic heterocycles. The SMILES string of the molecule is Cc1nccn1CCNc1ccccc1C(C)Cl. The van der Waals surface area contributed by atoms with E-state index < -0.39 is 0 Å². The highest BCUT2D eigenvalue weighted by atomic mass is 35.5. The number of alkyl halides is 1. The number of imidazole rings is 1. The van der Waals surface area contributed by atoms with Crippen molar-refractivity contribution in [2.24, 2.45) is 0 Å². The number of hydrogen-bond acceptors (Lipinski definition) is 2. The van der Waals surface area contributed by atoms with Gasteiger partial charge < -0.3 is 9.88 Å². The molecule has 0 radical (unpaired) electrons. The number of nitrogens with zero attached hydrogens (tertiary/aromatic N) is 2. The Labute approximate surface area is 113 Å². The summed E-state index contributed by atoms with van der Waals surface area (Å²) >= 11 is 6.16. The van der Waals surface area contributed by atoms with Crippen molar-refractivity contribution < 1.29 is 0 Å². The van der Waals surface area contributed by atoms with Crippen molar-refractivity contribution in [3.05, 3.63) is 48.0 Å². The zero-order chi connectivity index (χ0) is 13.0. The van der Waals surface area contributed by atoms with E-state index in [1.807, 2.05) is 38.4 Å². The molecule has 96 valence electrons. The zero-order valence-electron chi connectivity index (χ0n) is 10.7. The van der Waals surface area contributed by atoms with E-state index in [2.05, 4.69) is 27.0 Å².